The number of benzene rings is 1. The molecule has 1 aromatic carbocycles. The molecule has 0 spiro atoms. The number of nitrogens with zero attached hydrogens (tertiary/aromatic N) is 4. The first-order valence-corrected chi connectivity index (χ1v) is 15.7. The summed E-state index contributed by atoms with van der Waals surface area (Å²) >= 11 is 0. The number of nitrogens with one attached hydrogen (secondary N) is 2. The number of carbonyl (C=O) groups excluding carboxylic acids is 3. The molecule has 1 aliphatic carbocycles. The maximum Gasteiger partial charge on any atom is 0.408 e. The molecule has 3 N–H and O–H groups in total. The molecule has 16 nitrogen and oxygen atoms in total. The van der Waals surface area contributed by atoms with Crippen molar-refractivity contribution < 1.29 is 38.8 Å². The zero-order valence-electron chi connectivity index (χ0n) is 27.3. The van der Waals surface area contributed by atoms with E-state index in [1.54, 1.807) is 34.6 Å². The van der Waals surface area contributed by atoms with Crippen LogP contribution in [0.1, 0.15) is 85.3 Å². The van der Waals surface area contributed by atoms with E-state index in [4.69, 9.17) is 9.47 Å². The largest absolute Gasteiger partial charge is 0.463 e. The number of hydrogen-bond acceptors (Lipinski definition) is 11. The average molecular weight is 661 g/mol. The Bertz CT molecular complexity index is 1430. The number of aliphatic hydroxyl groups excluding tert-OH is 1. The van der Waals surface area contributed by atoms with Crippen molar-refractivity contribution in [2.75, 3.05) is 0 Å². The number of amides is 2. The Morgan fingerprint density at radius 1 is 1.09 bits per heavy atom. The zero-order valence-corrected chi connectivity index (χ0v) is 27.3. The molecule has 47 heavy (non-hydrogen) atoms. The minimum absolute atomic E-state index is 0.0428. The van der Waals surface area contributed by atoms with Gasteiger partial charge in [0.15, 0.2) is 0 Å². The Balaban J connectivity index is 1.94. The Labute approximate surface area is 272 Å². The summed E-state index contributed by atoms with van der Waals surface area (Å²) in [6.07, 6.45) is 4.77. The van der Waals surface area contributed by atoms with Crippen molar-refractivity contribution in [2.24, 2.45) is 5.92 Å². The molecule has 3 atom stereocenters. The van der Waals surface area contributed by atoms with Gasteiger partial charge in [0, 0.05) is 24.4 Å². The third-order valence-electron chi connectivity index (χ3n) is 7.61. The van der Waals surface area contributed by atoms with Gasteiger partial charge in [0.2, 0.25) is 5.91 Å². The lowest BCUT2D eigenvalue weighted by Gasteiger charge is -2.31. The molecule has 1 heterocycles. The second-order valence-electron chi connectivity index (χ2n) is 13.0. The summed E-state index contributed by atoms with van der Waals surface area (Å²) in [6.45, 7) is 8.33. The summed E-state index contributed by atoms with van der Waals surface area (Å²) < 4.78 is 11.9. The fourth-order valence-electron chi connectivity index (χ4n) is 5.54. The SMILES string of the molecule is CC(C)OC(=O)C[C@H](O)[C@H](CC1CCCCC1)NC(=O)[C@H](Cc1cncn1-c1ccc([N+](=O)[O-])cc1[N+](=O)[O-])NC(=O)OC(C)(C)C. The minimum Gasteiger partial charge on any atom is -0.463 e. The molecule has 16 heteroatoms. The van der Waals surface area contributed by atoms with E-state index in [1.807, 2.05) is 0 Å². The Hall–Kier alpha value is -4.60. The van der Waals surface area contributed by atoms with Crippen LogP contribution in [0.4, 0.5) is 16.2 Å². The van der Waals surface area contributed by atoms with Crippen LogP contribution < -0.4 is 10.6 Å². The molecule has 3 rings (SSSR count). The number of hydrogen-bond donors (Lipinski definition) is 3. The van der Waals surface area contributed by atoms with Crippen molar-refractivity contribution in [1.82, 2.24) is 20.2 Å². The van der Waals surface area contributed by atoms with Crippen molar-refractivity contribution >= 4 is 29.3 Å². The number of alkyl carbamates (subject to hydrolysis) is 1. The Kier molecular flexibility index (Phi) is 12.8. The van der Waals surface area contributed by atoms with Crippen molar-refractivity contribution in [2.45, 2.75) is 116 Å². The molecule has 0 radical (unpaired) electrons. The molecular formula is C31H44N6O10. The molecule has 0 saturated heterocycles. The quantitative estimate of drug-likeness (QED) is 0.147. The van der Waals surface area contributed by atoms with Crippen LogP contribution in [0, 0.1) is 26.1 Å². The fourth-order valence-corrected chi connectivity index (χ4v) is 5.54. The normalized spacial score (nSPS) is 15.7. The van der Waals surface area contributed by atoms with Gasteiger partial charge < -0.3 is 25.2 Å². The van der Waals surface area contributed by atoms with Crippen LogP contribution in [-0.4, -0.2) is 72.4 Å². The van der Waals surface area contributed by atoms with E-state index >= 15 is 0 Å². The minimum atomic E-state index is -1.32. The molecule has 258 valence electrons. The third-order valence-corrected chi connectivity index (χ3v) is 7.61. The van der Waals surface area contributed by atoms with E-state index in [0.29, 0.717) is 6.42 Å². The van der Waals surface area contributed by atoms with Crippen LogP contribution in [0.2, 0.25) is 0 Å². The van der Waals surface area contributed by atoms with Gasteiger partial charge in [-0.3, -0.25) is 34.4 Å². The van der Waals surface area contributed by atoms with Gasteiger partial charge in [-0.15, -0.1) is 0 Å². The second-order valence-corrected chi connectivity index (χ2v) is 13.0. The van der Waals surface area contributed by atoms with E-state index in [0.717, 1.165) is 44.2 Å². The highest BCUT2D eigenvalue weighted by Gasteiger charge is 2.33. The second kappa shape index (κ2) is 16.3. The van der Waals surface area contributed by atoms with E-state index in [2.05, 4.69) is 15.6 Å². The van der Waals surface area contributed by atoms with Gasteiger partial charge in [0.05, 0.1) is 46.9 Å². The lowest BCUT2D eigenvalue weighted by molar-refractivity contribution is -0.394. The first-order valence-electron chi connectivity index (χ1n) is 15.7. The maximum atomic E-state index is 13.9. The summed E-state index contributed by atoms with van der Waals surface area (Å²) in [7, 11) is 0. The first kappa shape index (κ1) is 36.9. The molecule has 0 bridgehead atoms. The van der Waals surface area contributed by atoms with Crippen molar-refractivity contribution in [3.8, 4) is 5.69 Å². The van der Waals surface area contributed by atoms with E-state index in [9.17, 15) is 39.7 Å². The molecular weight excluding hydrogens is 616 g/mol. The summed E-state index contributed by atoms with van der Waals surface area (Å²) in [5.74, 6) is -1.11. The average Bonchev–Trinajstić information content (AvgIpc) is 3.43. The number of nitro groups is 2. The van der Waals surface area contributed by atoms with Gasteiger partial charge in [-0.05, 0) is 53.0 Å². The summed E-state index contributed by atoms with van der Waals surface area (Å²) in [6, 6.07) is 0.959. The number of aliphatic hydroxyl groups is 1. The highest BCUT2D eigenvalue weighted by molar-refractivity contribution is 5.86. The number of ether oxygens (including phenoxy) is 2. The van der Waals surface area contributed by atoms with E-state index in [1.165, 1.54) is 23.2 Å². The lowest BCUT2D eigenvalue weighted by Crippen LogP contribution is -2.54. The number of imidazole rings is 1. The van der Waals surface area contributed by atoms with E-state index in [-0.39, 0.29) is 36.2 Å². The summed E-state index contributed by atoms with van der Waals surface area (Å²) in [4.78, 5) is 64.9. The molecule has 1 saturated carbocycles. The molecule has 1 fully saturated rings. The van der Waals surface area contributed by atoms with Crippen LogP contribution >= 0.6 is 0 Å². The number of aromatic nitrogens is 2. The molecule has 2 aromatic rings. The molecule has 0 unspecified atom stereocenters. The van der Waals surface area contributed by atoms with Gasteiger partial charge in [0.25, 0.3) is 11.4 Å². The highest BCUT2D eigenvalue weighted by atomic mass is 16.6. The topological polar surface area (TPSA) is 218 Å². The zero-order chi connectivity index (χ0) is 34.9. The Morgan fingerprint density at radius 3 is 2.36 bits per heavy atom. The van der Waals surface area contributed by atoms with Gasteiger partial charge in [-0.1, -0.05) is 32.1 Å². The predicted molar refractivity (Wildman–Crippen MR) is 169 cm³/mol. The summed E-state index contributed by atoms with van der Waals surface area (Å²) in [5.41, 5.74) is -1.74. The highest BCUT2D eigenvalue weighted by Crippen LogP contribution is 2.30. The standard InChI is InChI=1S/C31H44N6O10/c1-19(2)46-28(39)16-27(38)23(13-20-9-7-6-8-10-20)33-29(40)24(34-30(41)47-31(3,4)5)14-22-17-32-18-35(22)25-12-11-21(36(42)43)15-26(25)37(44)45/h11-12,15,17-20,23-24,27,38H,6-10,13-14,16H2,1-5H3,(H,33,40)(H,34,41)/t23-,24-,27-/m0/s1. The van der Waals surface area contributed by atoms with Gasteiger partial charge in [0.1, 0.15) is 17.3 Å². The number of non-ortho nitro benzene ring substituents is 1. The molecule has 0 aliphatic heterocycles. The van der Waals surface area contributed by atoms with Crippen LogP contribution in [0.15, 0.2) is 30.7 Å². The number of rotatable bonds is 14. The third kappa shape index (κ3) is 11.3. The van der Waals surface area contributed by atoms with Crippen molar-refractivity contribution in [3.05, 3.63) is 56.6 Å². The van der Waals surface area contributed by atoms with Crippen LogP contribution in [0.5, 0.6) is 0 Å². The smallest absolute Gasteiger partial charge is 0.408 e. The molecule has 1 aromatic heterocycles. The van der Waals surface area contributed by atoms with Crippen molar-refractivity contribution in [1.29, 1.82) is 0 Å². The predicted octanol–water partition coefficient (Wildman–Crippen LogP) is 4.28. The van der Waals surface area contributed by atoms with E-state index < -0.39 is 63.0 Å². The number of esters is 1. The first-order chi connectivity index (χ1) is 22.0. The monoisotopic (exact) mass is 660 g/mol. The number of carbonyl (C=O) groups is 3. The van der Waals surface area contributed by atoms with Gasteiger partial charge >= 0.3 is 12.1 Å². The number of nitro benzene ring substituents is 2. The molecule has 2 amide bonds. The Morgan fingerprint density at radius 2 is 1.77 bits per heavy atom. The van der Waals surface area contributed by atoms with Gasteiger partial charge in [-0.25, -0.2) is 9.78 Å². The van der Waals surface area contributed by atoms with Gasteiger partial charge in [-0.2, -0.15) is 0 Å². The fraction of sp³-hybridized carbons (Fsp3) is 0.613. The molecule has 1 aliphatic rings. The van der Waals surface area contributed by atoms with Crippen LogP contribution in [0.3, 0.4) is 0 Å². The lowest BCUT2D eigenvalue weighted by atomic mass is 9.83. The van der Waals surface area contributed by atoms with Crippen LogP contribution in [0.25, 0.3) is 5.69 Å². The maximum absolute atomic E-state index is 13.9. The van der Waals surface area contributed by atoms with Crippen LogP contribution in [-0.2, 0) is 25.5 Å². The summed E-state index contributed by atoms with van der Waals surface area (Å²) in [5, 5.41) is 39.6. The van der Waals surface area contributed by atoms with Crippen molar-refractivity contribution in [3.63, 3.8) is 0 Å².